The average molecular weight is 472 g/mol. The summed E-state index contributed by atoms with van der Waals surface area (Å²) in [7, 11) is 0. The summed E-state index contributed by atoms with van der Waals surface area (Å²) in [5, 5.41) is 15.2. The second-order valence-electron chi connectivity index (χ2n) is 10.2. The van der Waals surface area contributed by atoms with Gasteiger partial charge >= 0.3 is 6.03 Å². The standard InChI is InChI=1S/C28H33N5O2/c1-19-2-5-24(16-25(19)30-28(35)31-26-18-32-12-8-23(26)9-13-32)27(34)33-14-10-22(11-15-33)21-6-3-20(17-29)4-7-21/h2-7,16,22-23,26H,8-15,18H2,1H3,(H2,30,31,35)/t26-/m1/s1. The maximum atomic E-state index is 13.2. The van der Waals surface area contributed by atoms with Crippen molar-refractivity contribution in [3.05, 3.63) is 64.7 Å². The van der Waals surface area contributed by atoms with Gasteiger partial charge in [0.15, 0.2) is 0 Å². The normalized spacial score (nSPS) is 24.0. The van der Waals surface area contributed by atoms with Crippen molar-refractivity contribution >= 4 is 17.6 Å². The quantitative estimate of drug-likeness (QED) is 0.703. The number of carbonyl (C=O) groups excluding carboxylic acids is 2. The van der Waals surface area contributed by atoms with Crippen LogP contribution < -0.4 is 10.6 Å². The molecule has 7 nitrogen and oxygen atoms in total. The van der Waals surface area contributed by atoms with Gasteiger partial charge in [0, 0.05) is 36.9 Å². The Morgan fingerprint density at radius 1 is 0.971 bits per heavy atom. The summed E-state index contributed by atoms with van der Waals surface area (Å²) in [6.07, 6.45) is 4.10. The van der Waals surface area contributed by atoms with E-state index in [9.17, 15) is 9.59 Å². The molecule has 4 fully saturated rings. The third-order valence-electron chi connectivity index (χ3n) is 8.00. The lowest BCUT2D eigenvalue weighted by atomic mass is 9.84. The molecule has 0 aromatic heterocycles. The molecule has 4 saturated heterocycles. The zero-order valence-electron chi connectivity index (χ0n) is 20.3. The largest absolute Gasteiger partial charge is 0.339 e. The molecule has 35 heavy (non-hydrogen) atoms. The topological polar surface area (TPSA) is 88.5 Å². The smallest absolute Gasteiger partial charge is 0.319 e. The zero-order valence-corrected chi connectivity index (χ0v) is 20.3. The highest BCUT2D eigenvalue weighted by molar-refractivity contribution is 5.97. The van der Waals surface area contributed by atoms with E-state index in [4.69, 9.17) is 5.26 Å². The molecule has 0 saturated carbocycles. The Labute approximate surface area is 207 Å². The monoisotopic (exact) mass is 471 g/mol. The first-order valence-electron chi connectivity index (χ1n) is 12.7. The van der Waals surface area contributed by atoms with Crippen LogP contribution in [0.2, 0.25) is 0 Å². The van der Waals surface area contributed by atoms with Crippen molar-refractivity contribution in [2.45, 2.75) is 44.6 Å². The molecule has 0 unspecified atom stereocenters. The number of hydrogen-bond acceptors (Lipinski definition) is 4. The summed E-state index contributed by atoms with van der Waals surface area (Å²) in [5.74, 6) is 0.966. The number of piperidine rings is 4. The molecule has 2 bridgehead atoms. The molecule has 1 atom stereocenters. The van der Waals surface area contributed by atoms with Crippen LogP contribution in [0.5, 0.6) is 0 Å². The van der Waals surface area contributed by atoms with Crippen LogP contribution >= 0.6 is 0 Å². The minimum Gasteiger partial charge on any atom is -0.339 e. The van der Waals surface area contributed by atoms with Gasteiger partial charge in [0.05, 0.1) is 11.6 Å². The number of nitrogens with zero attached hydrogens (tertiary/aromatic N) is 3. The van der Waals surface area contributed by atoms with Crippen molar-refractivity contribution in [1.82, 2.24) is 15.1 Å². The Balaban J connectivity index is 1.18. The van der Waals surface area contributed by atoms with Crippen LogP contribution in [-0.4, -0.2) is 60.5 Å². The van der Waals surface area contributed by atoms with Crippen LogP contribution in [0.15, 0.2) is 42.5 Å². The van der Waals surface area contributed by atoms with E-state index in [1.807, 2.05) is 48.2 Å². The molecular weight excluding hydrogens is 438 g/mol. The van der Waals surface area contributed by atoms with Gasteiger partial charge in [-0.05, 0) is 92.9 Å². The molecule has 0 aliphatic carbocycles. The molecular formula is C28H33N5O2. The zero-order chi connectivity index (χ0) is 24.4. The van der Waals surface area contributed by atoms with Gasteiger partial charge in [-0.2, -0.15) is 5.26 Å². The molecule has 4 aliphatic rings. The number of likely N-dealkylation sites (tertiary alicyclic amines) is 1. The number of rotatable bonds is 4. The van der Waals surface area contributed by atoms with E-state index in [-0.39, 0.29) is 18.0 Å². The molecule has 6 rings (SSSR count). The van der Waals surface area contributed by atoms with Gasteiger partial charge in [0.25, 0.3) is 5.91 Å². The molecule has 182 valence electrons. The van der Waals surface area contributed by atoms with Gasteiger partial charge in [-0.25, -0.2) is 4.79 Å². The number of nitrogens with one attached hydrogen (secondary N) is 2. The van der Waals surface area contributed by atoms with Crippen molar-refractivity contribution in [2.24, 2.45) is 5.92 Å². The Morgan fingerprint density at radius 3 is 2.31 bits per heavy atom. The molecule has 0 radical (unpaired) electrons. The van der Waals surface area contributed by atoms with Gasteiger partial charge in [0.2, 0.25) is 0 Å². The van der Waals surface area contributed by atoms with Gasteiger partial charge in [-0.3, -0.25) is 4.79 Å². The van der Waals surface area contributed by atoms with Crippen LogP contribution in [0.4, 0.5) is 10.5 Å². The van der Waals surface area contributed by atoms with E-state index in [0.29, 0.717) is 41.7 Å². The number of urea groups is 1. The summed E-state index contributed by atoms with van der Waals surface area (Å²) >= 11 is 0. The number of fused-ring (bicyclic) bond motifs is 3. The summed E-state index contributed by atoms with van der Waals surface area (Å²) < 4.78 is 0. The van der Waals surface area contributed by atoms with Crippen molar-refractivity contribution < 1.29 is 9.59 Å². The second-order valence-corrected chi connectivity index (χ2v) is 10.2. The Bertz CT molecular complexity index is 1120. The fourth-order valence-electron chi connectivity index (χ4n) is 5.77. The van der Waals surface area contributed by atoms with Crippen LogP contribution in [0, 0.1) is 24.2 Å². The first kappa shape index (κ1) is 23.4. The lowest BCUT2D eigenvalue weighted by Crippen LogP contribution is -2.57. The molecule has 0 spiro atoms. The van der Waals surface area contributed by atoms with E-state index in [1.54, 1.807) is 6.07 Å². The fourth-order valence-corrected chi connectivity index (χ4v) is 5.77. The molecule has 7 heteroatoms. The van der Waals surface area contributed by atoms with Crippen molar-refractivity contribution in [1.29, 1.82) is 5.26 Å². The van der Waals surface area contributed by atoms with E-state index in [0.717, 1.165) is 50.9 Å². The predicted octanol–water partition coefficient (Wildman–Crippen LogP) is 4.10. The molecule has 2 aromatic rings. The molecule has 3 amide bonds. The highest BCUT2D eigenvalue weighted by Crippen LogP contribution is 2.30. The second kappa shape index (κ2) is 10.1. The van der Waals surface area contributed by atoms with Gasteiger partial charge in [-0.1, -0.05) is 18.2 Å². The van der Waals surface area contributed by atoms with Crippen molar-refractivity contribution in [3.8, 4) is 6.07 Å². The average Bonchev–Trinajstić information content (AvgIpc) is 2.90. The lowest BCUT2D eigenvalue weighted by Gasteiger charge is -2.44. The number of carbonyl (C=O) groups is 2. The van der Waals surface area contributed by atoms with Gasteiger partial charge < -0.3 is 20.4 Å². The lowest BCUT2D eigenvalue weighted by molar-refractivity contribution is 0.0713. The third kappa shape index (κ3) is 5.18. The number of nitriles is 1. The Kier molecular flexibility index (Phi) is 6.74. The number of amides is 3. The summed E-state index contributed by atoms with van der Waals surface area (Å²) in [6, 6.07) is 15.5. The van der Waals surface area contributed by atoms with Crippen LogP contribution in [0.3, 0.4) is 0 Å². The van der Waals surface area contributed by atoms with E-state index in [2.05, 4.69) is 21.6 Å². The molecule has 4 heterocycles. The highest BCUT2D eigenvalue weighted by Gasteiger charge is 2.35. The first-order valence-corrected chi connectivity index (χ1v) is 12.7. The molecule has 4 aliphatic heterocycles. The maximum absolute atomic E-state index is 13.2. The number of anilines is 1. The summed E-state index contributed by atoms with van der Waals surface area (Å²) in [6.45, 7) is 6.53. The third-order valence-corrected chi connectivity index (χ3v) is 8.00. The van der Waals surface area contributed by atoms with Crippen molar-refractivity contribution in [2.75, 3.05) is 38.0 Å². The minimum atomic E-state index is -0.195. The molecule has 2 aromatic carbocycles. The number of aryl methyl sites for hydroxylation is 1. The van der Waals surface area contributed by atoms with Crippen LogP contribution in [-0.2, 0) is 0 Å². The van der Waals surface area contributed by atoms with E-state index in [1.165, 1.54) is 5.56 Å². The summed E-state index contributed by atoms with van der Waals surface area (Å²) in [5.41, 5.74) is 4.12. The Hall–Kier alpha value is -3.37. The van der Waals surface area contributed by atoms with Crippen molar-refractivity contribution in [3.63, 3.8) is 0 Å². The number of benzene rings is 2. The predicted molar refractivity (Wildman–Crippen MR) is 135 cm³/mol. The summed E-state index contributed by atoms with van der Waals surface area (Å²) in [4.78, 5) is 30.3. The first-order chi connectivity index (χ1) is 17.0. The van der Waals surface area contributed by atoms with Crippen LogP contribution in [0.25, 0.3) is 0 Å². The number of hydrogen-bond donors (Lipinski definition) is 2. The minimum absolute atomic E-state index is 0.00382. The Morgan fingerprint density at radius 2 is 1.69 bits per heavy atom. The van der Waals surface area contributed by atoms with Gasteiger partial charge in [0.1, 0.15) is 0 Å². The SMILES string of the molecule is Cc1ccc(C(=O)N2CCC(c3ccc(C#N)cc3)CC2)cc1NC(=O)N[C@@H]1CN2CCC1CC2. The van der Waals surface area contributed by atoms with Crippen LogP contribution in [0.1, 0.15) is 58.6 Å². The fraction of sp³-hybridized carbons (Fsp3) is 0.464. The van der Waals surface area contributed by atoms with E-state index >= 15 is 0 Å². The maximum Gasteiger partial charge on any atom is 0.319 e. The van der Waals surface area contributed by atoms with Gasteiger partial charge in [-0.15, -0.1) is 0 Å². The molecule has 2 N–H and O–H groups in total. The highest BCUT2D eigenvalue weighted by atomic mass is 16.2. The van der Waals surface area contributed by atoms with E-state index < -0.39 is 0 Å².